The van der Waals surface area contributed by atoms with Gasteiger partial charge in [-0.3, -0.25) is 0 Å². The van der Waals surface area contributed by atoms with Crippen molar-refractivity contribution >= 4 is 0 Å². The third kappa shape index (κ3) is 2.49. The lowest BCUT2D eigenvalue weighted by Gasteiger charge is -2.25. The molecule has 0 aliphatic rings. The highest BCUT2D eigenvalue weighted by atomic mass is 16.3. The van der Waals surface area contributed by atoms with Crippen LogP contribution in [0.3, 0.4) is 0 Å². The maximum Gasteiger partial charge on any atom is 0.104 e. The Morgan fingerprint density at radius 3 is 2.00 bits per heavy atom. The maximum atomic E-state index is 10.8. The molecule has 0 spiro atoms. The standard InChI is InChI=1S/C17H16N2O/c20-17(15-9-5-2-6-10-15)16(19-12-11-18-13-19)14-7-3-1-4-8-14/h1-13,16-17,20H/t16-,17-/m1/s1. The molecule has 0 fully saturated rings. The van der Waals surface area contributed by atoms with E-state index in [4.69, 9.17) is 0 Å². The summed E-state index contributed by atoms with van der Waals surface area (Å²) in [6.07, 6.45) is 4.73. The second-order valence-electron chi connectivity index (χ2n) is 4.72. The van der Waals surface area contributed by atoms with Gasteiger partial charge in [-0.1, -0.05) is 60.7 Å². The highest BCUT2D eigenvalue weighted by molar-refractivity contribution is 5.27. The normalized spacial score (nSPS) is 13.8. The van der Waals surface area contributed by atoms with Gasteiger partial charge in [0.15, 0.2) is 0 Å². The number of imidazole rings is 1. The van der Waals surface area contributed by atoms with Crippen LogP contribution in [0.4, 0.5) is 0 Å². The van der Waals surface area contributed by atoms with Gasteiger partial charge in [0, 0.05) is 12.4 Å². The van der Waals surface area contributed by atoms with E-state index in [0.29, 0.717) is 0 Å². The van der Waals surface area contributed by atoms with Crippen molar-refractivity contribution in [1.82, 2.24) is 9.55 Å². The van der Waals surface area contributed by atoms with Crippen LogP contribution >= 0.6 is 0 Å². The fourth-order valence-corrected chi connectivity index (χ4v) is 2.43. The van der Waals surface area contributed by atoms with E-state index in [1.807, 2.05) is 71.4 Å². The summed E-state index contributed by atoms with van der Waals surface area (Å²) in [5.74, 6) is 0. The molecule has 2 aromatic carbocycles. The summed E-state index contributed by atoms with van der Waals surface area (Å²) in [6, 6.07) is 19.5. The molecule has 0 amide bonds. The van der Waals surface area contributed by atoms with Gasteiger partial charge in [-0.2, -0.15) is 0 Å². The topological polar surface area (TPSA) is 38.0 Å². The van der Waals surface area contributed by atoms with Crippen molar-refractivity contribution in [2.75, 3.05) is 0 Å². The summed E-state index contributed by atoms with van der Waals surface area (Å²) < 4.78 is 1.94. The molecule has 1 N–H and O–H groups in total. The minimum absolute atomic E-state index is 0.180. The van der Waals surface area contributed by atoms with Crippen LogP contribution in [0.5, 0.6) is 0 Å². The summed E-state index contributed by atoms with van der Waals surface area (Å²) in [6.45, 7) is 0. The van der Waals surface area contributed by atoms with Crippen molar-refractivity contribution in [3.8, 4) is 0 Å². The molecule has 0 unspecified atom stereocenters. The third-order valence-corrected chi connectivity index (χ3v) is 3.43. The molecule has 0 aliphatic heterocycles. The second kappa shape index (κ2) is 5.72. The molecule has 3 aromatic rings. The zero-order valence-corrected chi connectivity index (χ0v) is 11.0. The van der Waals surface area contributed by atoms with Gasteiger partial charge in [-0.15, -0.1) is 0 Å². The van der Waals surface area contributed by atoms with Crippen molar-refractivity contribution in [1.29, 1.82) is 0 Å². The van der Waals surface area contributed by atoms with E-state index in [1.165, 1.54) is 0 Å². The molecule has 20 heavy (non-hydrogen) atoms. The largest absolute Gasteiger partial charge is 0.386 e. The molecular formula is C17H16N2O. The van der Waals surface area contributed by atoms with E-state index in [9.17, 15) is 5.11 Å². The number of hydrogen-bond donors (Lipinski definition) is 1. The third-order valence-electron chi connectivity index (χ3n) is 3.43. The number of nitrogens with zero attached hydrogens (tertiary/aromatic N) is 2. The van der Waals surface area contributed by atoms with Gasteiger partial charge in [-0.05, 0) is 11.1 Å². The van der Waals surface area contributed by atoms with Crippen LogP contribution in [-0.4, -0.2) is 14.7 Å². The molecule has 1 heterocycles. The van der Waals surface area contributed by atoms with Gasteiger partial charge in [0.05, 0.1) is 12.4 Å². The quantitative estimate of drug-likeness (QED) is 0.785. The summed E-state index contributed by atoms with van der Waals surface area (Å²) >= 11 is 0. The number of benzene rings is 2. The number of aliphatic hydroxyl groups is 1. The number of hydrogen-bond acceptors (Lipinski definition) is 2. The zero-order valence-electron chi connectivity index (χ0n) is 11.0. The molecule has 100 valence electrons. The average molecular weight is 264 g/mol. The summed E-state index contributed by atoms with van der Waals surface area (Å²) in [5.41, 5.74) is 1.96. The summed E-state index contributed by atoms with van der Waals surface area (Å²) in [7, 11) is 0. The zero-order chi connectivity index (χ0) is 13.8. The molecule has 0 aliphatic carbocycles. The highest BCUT2D eigenvalue weighted by Crippen LogP contribution is 2.31. The molecule has 0 bridgehead atoms. The van der Waals surface area contributed by atoms with Crippen LogP contribution in [0.1, 0.15) is 23.3 Å². The minimum atomic E-state index is -0.618. The number of aromatic nitrogens is 2. The van der Waals surface area contributed by atoms with E-state index in [-0.39, 0.29) is 6.04 Å². The first-order chi connectivity index (χ1) is 9.86. The van der Waals surface area contributed by atoms with Gasteiger partial charge in [-0.25, -0.2) is 4.98 Å². The summed E-state index contributed by atoms with van der Waals surface area (Å²) in [5, 5.41) is 10.8. The number of aliphatic hydroxyl groups excluding tert-OH is 1. The van der Waals surface area contributed by atoms with Crippen LogP contribution in [0, 0.1) is 0 Å². The van der Waals surface area contributed by atoms with Gasteiger partial charge in [0.25, 0.3) is 0 Å². The van der Waals surface area contributed by atoms with E-state index in [1.54, 1.807) is 12.5 Å². The van der Waals surface area contributed by atoms with Crippen LogP contribution in [0.25, 0.3) is 0 Å². The fourth-order valence-electron chi connectivity index (χ4n) is 2.43. The molecule has 3 nitrogen and oxygen atoms in total. The molecule has 0 saturated heterocycles. The molecule has 0 radical (unpaired) electrons. The van der Waals surface area contributed by atoms with Gasteiger partial charge in [0.1, 0.15) is 6.10 Å². The van der Waals surface area contributed by atoms with Gasteiger partial charge >= 0.3 is 0 Å². The van der Waals surface area contributed by atoms with Crippen LogP contribution < -0.4 is 0 Å². The van der Waals surface area contributed by atoms with E-state index in [0.717, 1.165) is 11.1 Å². The lowest BCUT2D eigenvalue weighted by atomic mass is 9.95. The Bertz CT molecular complexity index is 635. The first kappa shape index (κ1) is 12.6. The van der Waals surface area contributed by atoms with E-state index in [2.05, 4.69) is 4.98 Å². The van der Waals surface area contributed by atoms with E-state index < -0.39 is 6.10 Å². The Labute approximate surface area is 118 Å². The first-order valence-electron chi connectivity index (χ1n) is 6.61. The molecule has 3 heteroatoms. The Hall–Kier alpha value is -2.39. The van der Waals surface area contributed by atoms with Crippen LogP contribution in [0.15, 0.2) is 79.4 Å². The maximum absolute atomic E-state index is 10.8. The number of rotatable bonds is 4. The Morgan fingerprint density at radius 1 is 0.850 bits per heavy atom. The van der Waals surface area contributed by atoms with Gasteiger partial charge < -0.3 is 9.67 Å². The minimum Gasteiger partial charge on any atom is -0.386 e. The average Bonchev–Trinajstić information content (AvgIpc) is 3.03. The molecular weight excluding hydrogens is 248 g/mol. The van der Waals surface area contributed by atoms with Crippen LogP contribution in [0.2, 0.25) is 0 Å². The van der Waals surface area contributed by atoms with Crippen molar-refractivity contribution in [3.05, 3.63) is 90.5 Å². The monoisotopic (exact) mass is 264 g/mol. The van der Waals surface area contributed by atoms with Crippen molar-refractivity contribution in [3.63, 3.8) is 0 Å². The first-order valence-corrected chi connectivity index (χ1v) is 6.61. The Kier molecular flexibility index (Phi) is 3.61. The van der Waals surface area contributed by atoms with Crippen molar-refractivity contribution in [2.24, 2.45) is 0 Å². The lowest BCUT2D eigenvalue weighted by molar-refractivity contribution is 0.131. The summed E-state index contributed by atoms with van der Waals surface area (Å²) in [4.78, 5) is 4.10. The Morgan fingerprint density at radius 2 is 1.45 bits per heavy atom. The molecule has 0 saturated carbocycles. The SMILES string of the molecule is O[C@H](c1ccccc1)[C@@H](c1ccccc1)n1ccnc1. The predicted octanol–water partition coefficient (Wildman–Crippen LogP) is 3.21. The lowest BCUT2D eigenvalue weighted by Crippen LogP contribution is -2.18. The van der Waals surface area contributed by atoms with Crippen molar-refractivity contribution < 1.29 is 5.11 Å². The Balaban J connectivity index is 2.03. The second-order valence-corrected chi connectivity index (χ2v) is 4.72. The molecule has 2 atom stereocenters. The van der Waals surface area contributed by atoms with Crippen molar-refractivity contribution in [2.45, 2.75) is 12.1 Å². The smallest absolute Gasteiger partial charge is 0.104 e. The van der Waals surface area contributed by atoms with E-state index >= 15 is 0 Å². The highest BCUT2D eigenvalue weighted by Gasteiger charge is 2.23. The fraction of sp³-hybridized carbons (Fsp3) is 0.118. The van der Waals surface area contributed by atoms with Gasteiger partial charge in [0.2, 0.25) is 0 Å². The predicted molar refractivity (Wildman–Crippen MR) is 78.2 cm³/mol. The molecule has 1 aromatic heterocycles. The molecule has 3 rings (SSSR count). The van der Waals surface area contributed by atoms with Crippen LogP contribution in [-0.2, 0) is 0 Å².